The molecule has 0 saturated carbocycles. The van der Waals surface area contributed by atoms with Crippen molar-refractivity contribution in [2.45, 2.75) is 5.92 Å². The number of nitrogens with zero attached hydrogens (tertiary/aromatic N) is 1. The second-order valence-electron chi connectivity index (χ2n) is 7.21. The number of benzene rings is 2. The molecule has 1 fully saturated rings. The first-order chi connectivity index (χ1) is 14.6. The molecule has 1 N–H and O–H groups in total. The maximum atomic E-state index is 13.1. The minimum atomic E-state index is -0.351. The Bertz CT molecular complexity index is 868. The first-order valence-corrected chi connectivity index (χ1v) is 9.91. The highest BCUT2D eigenvalue weighted by Crippen LogP contribution is 2.35. The number of methoxy groups -OCH3 is 3. The van der Waals surface area contributed by atoms with E-state index in [0.717, 1.165) is 11.3 Å². The van der Waals surface area contributed by atoms with Gasteiger partial charge in [-0.1, -0.05) is 12.1 Å². The van der Waals surface area contributed by atoms with Gasteiger partial charge in [0.2, 0.25) is 5.91 Å². The zero-order valence-corrected chi connectivity index (χ0v) is 17.6. The van der Waals surface area contributed by atoms with Gasteiger partial charge in [0.25, 0.3) is 5.91 Å². The van der Waals surface area contributed by atoms with Crippen LogP contribution in [0.5, 0.6) is 11.5 Å². The van der Waals surface area contributed by atoms with Crippen molar-refractivity contribution < 1.29 is 23.8 Å². The van der Waals surface area contributed by atoms with Crippen molar-refractivity contribution in [1.29, 1.82) is 0 Å². The summed E-state index contributed by atoms with van der Waals surface area (Å²) in [4.78, 5) is 27.7. The average Bonchev–Trinajstić information content (AvgIpc) is 3.24. The highest BCUT2D eigenvalue weighted by Gasteiger charge is 2.40. The van der Waals surface area contributed by atoms with Crippen LogP contribution in [0, 0.1) is 5.92 Å². The minimum absolute atomic E-state index is 0.0788. The molecule has 2 aromatic rings. The van der Waals surface area contributed by atoms with Crippen molar-refractivity contribution in [2.75, 3.05) is 47.6 Å². The third-order valence-electron chi connectivity index (χ3n) is 5.41. The van der Waals surface area contributed by atoms with Crippen molar-refractivity contribution >= 4 is 11.8 Å². The number of amides is 2. The van der Waals surface area contributed by atoms with Gasteiger partial charge in [0.15, 0.2) is 0 Å². The molecule has 1 saturated heterocycles. The van der Waals surface area contributed by atoms with E-state index in [9.17, 15) is 9.59 Å². The maximum absolute atomic E-state index is 13.1. The fourth-order valence-electron chi connectivity index (χ4n) is 3.77. The summed E-state index contributed by atoms with van der Waals surface area (Å²) in [7, 11) is 4.79. The Morgan fingerprint density at radius 3 is 2.40 bits per heavy atom. The van der Waals surface area contributed by atoms with E-state index in [2.05, 4.69) is 5.32 Å². The lowest BCUT2D eigenvalue weighted by atomic mass is 9.88. The molecule has 0 aromatic heterocycles. The first-order valence-electron chi connectivity index (χ1n) is 9.91. The van der Waals surface area contributed by atoms with Gasteiger partial charge < -0.3 is 24.4 Å². The zero-order valence-electron chi connectivity index (χ0n) is 17.6. The van der Waals surface area contributed by atoms with E-state index in [1.54, 1.807) is 50.5 Å². The monoisotopic (exact) mass is 412 g/mol. The summed E-state index contributed by atoms with van der Waals surface area (Å²) in [6.07, 6.45) is 0. The third-order valence-corrected chi connectivity index (χ3v) is 5.41. The standard InChI is InChI=1S/C23H28N2O5/c1-28-12-11-24-22(26)21-15-25(23(27)16-7-9-18(29-2)10-8-16)14-20(21)17-5-4-6-19(13-17)30-3/h4-10,13,20-21H,11-12,14-15H2,1-3H3,(H,24,26). The predicted molar refractivity (Wildman–Crippen MR) is 113 cm³/mol. The molecule has 0 bridgehead atoms. The molecule has 7 nitrogen and oxygen atoms in total. The molecule has 30 heavy (non-hydrogen) atoms. The Morgan fingerprint density at radius 2 is 1.73 bits per heavy atom. The molecular formula is C23H28N2O5. The number of ether oxygens (including phenoxy) is 3. The van der Waals surface area contributed by atoms with Gasteiger partial charge in [-0.25, -0.2) is 0 Å². The van der Waals surface area contributed by atoms with Crippen molar-refractivity contribution in [2.24, 2.45) is 5.92 Å². The van der Waals surface area contributed by atoms with Gasteiger partial charge in [-0.3, -0.25) is 9.59 Å². The Hall–Kier alpha value is -3.06. The molecule has 1 aliphatic rings. The third kappa shape index (κ3) is 4.91. The summed E-state index contributed by atoms with van der Waals surface area (Å²) < 4.78 is 15.5. The van der Waals surface area contributed by atoms with Crippen LogP contribution in [0.4, 0.5) is 0 Å². The molecular weight excluding hydrogens is 384 g/mol. The summed E-state index contributed by atoms with van der Waals surface area (Å²) in [5.74, 6) is 0.771. The van der Waals surface area contributed by atoms with E-state index in [1.807, 2.05) is 24.3 Å². The SMILES string of the molecule is COCCNC(=O)C1CN(C(=O)c2ccc(OC)cc2)CC1c1cccc(OC)c1. The van der Waals surface area contributed by atoms with Gasteiger partial charge in [0, 0.05) is 38.2 Å². The maximum Gasteiger partial charge on any atom is 0.253 e. The van der Waals surface area contributed by atoms with Crippen LogP contribution in [0.1, 0.15) is 21.8 Å². The van der Waals surface area contributed by atoms with Crippen LogP contribution in [-0.2, 0) is 9.53 Å². The van der Waals surface area contributed by atoms with Crippen molar-refractivity contribution in [3.05, 3.63) is 59.7 Å². The Labute approximate surface area is 176 Å². The second-order valence-corrected chi connectivity index (χ2v) is 7.21. The van der Waals surface area contributed by atoms with Gasteiger partial charge in [-0.05, 0) is 42.0 Å². The Morgan fingerprint density at radius 1 is 1.00 bits per heavy atom. The summed E-state index contributed by atoms with van der Waals surface area (Å²) >= 11 is 0. The van der Waals surface area contributed by atoms with Gasteiger partial charge in [-0.15, -0.1) is 0 Å². The van der Waals surface area contributed by atoms with Crippen LogP contribution >= 0.6 is 0 Å². The van der Waals surface area contributed by atoms with Crippen LogP contribution in [0.15, 0.2) is 48.5 Å². The lowest BCUT2D eigenvalue weighted by molar-refractivity contribution is -0.125. The number of rotatable bonds is 8. The smallest absolute Gasteiger partial charge is 0.253 e. The molecule has 3 rings (SSSR count). The number of hydrogen-bond donors (Lipinski definition) is 1. The number of carbonyl (C=O) groups excluding carboxylic acids is 2. The largest absolute Gasteiger partial charge is 0.497 e. The molecule has 2 amide bonds. The van der Waals surface area contributed by atoms with Crippen molar-refractivity contribution in [3.8, 4) is 11.5 Å². The van der Waals surface area contributed by atoms with Crippen LogP contribution in [0.2, 0.25) is 0 Å². The highest BCUT2D eigenvalue weighted by molar-refractivity contribution is 5.95. The topological polar surface area (TPSA) is 77.1 Å². The van der Waals surface area contributed by atoms with E-state index in [-0.39, 0.29) is 23.7 Å². The average molecular weight is 412 g/mol. The summed E-state index contributed by atoms with van der Waals surface area (Å²) in [6.45, 7) is 1.69. The number of carbonyl (C=O) groups is 2. The van der Waals surface area contributed by atoms with Crippen molar-refractivity contribution in [3.63, 3.8) is 0 Å². The lowest BCUT2D eigenvalue weighted by Crippen LogP contribution is -2.37. The normalized spacial score (nSPS) is 18.2. The quantitative estimate of drug-likeness (QED) is 0.674. The summed E-state index contributed by atoms with van der Waals surface area (Å²) in [5, 5.41) is 2.92. The highest BCUT2D eigenvalue weighted by atomic mass is 16.5. The van der Waals surface area contributed by atoms with Crippen LogP contribution in [0.3, 0.4) is 0 Å². The minimum Gasteiger partial charge on any atom is -0.497 e. The number of nitrogens with one attached hydrogen (secondary N) is 1. The molecule has 7 heteroatoms. The van der Waals surface area contributed by atoms with Gasteiger partial charge in [0.05, 0.1) is 26.7 Å². The van der Waals surface area contributed by atoms with Crippen molar-refractivity contribution in [1.82, 2.24) is 10.2 Å². The fraction of sp³-hybridized carbons (Fsp3) is 0.391. The zero-order chi connectivity index (χ0) is 21.5. The van der Waals surface area contributed by atoms with Crippen LogP contribution < -0.4 is 14.8 Å². The Kier molecular flexibility index (Phi) is 7.30. The molecule has 1 aliphatic heterocycles. The molecule has 0 spiro atoms. The molecule has 2 unspecified atom stereocenters. The fourth-order valence-corrected chi connectivity index (χ4v) is 3.77. The van der Waals surface area contributed by atoms with Gasteiger partial charge >= 0.3 is 0 Å². The summed E-state index contributed by atoms with van der Waals surface area (Å²) in [5.41, 5.74) is 1.55. The number of hydrogen-bond acceptors (Lipinski definition) is 5. The predicted octanol–water partition coefficient (Wildman–Crippen LogP) is 2.32. The number of likely N-dealkylation sites (tertiary alicyclic amines) is 1. The lowest BCUT2D eigenvalue weighted by Gasteiger charge is -2.18. The van der Waals surface area contributed by atoms with E-state index in [0.29, 0.717) is 37.6 Å². The first kappa shape index (κ1) is 21.6. The summed E-state index contributed by atoms with van der Waals surface area (Å²) in [6, 6.07) is 14.7. The van der Waals surface area contributed by atoms with Crippen LogP contribution in [0.25, 0.3) is 0 Å². The molecule has 1 heterocycles. The molecule has 2 aromatic carbocycles. The molecule has 0 radical (unpaired) electrons. The van der Waals surface area contributed by atoms with E-state index in [4.69, 9.17) is 14.2 Å². The molecule has 160 valence electrons. The van der Waals surface area contributed by atoms with Gasteiger partial charge in [0.1, 0.15) is 11.5 Å². The van der Waals surface area contributed by atoms with E-state index >= 15 is 0 Å². The molecule has 0 aliphatic carbocycles. The van der Waals surface area contributed by atoms with Gasteiger partial charge in [-0.2, -0.15) is 0 Å². The Balaban J connectivity index is 1.82. The van der Waals surface area contributed by atoms with E-state index in [1.165, 1.54) is 0 Å². The molecule has 2 atom stereocenters. The second kappa shape index (κ2) is 10.1. The van der Waals surface area contributed by atoms with Crippen LogP contribution in [-0.4, -0.2) is 64.3 Å². The van der Waals surface area contributed by atoms with E-state index < -0.39 is 0 Å².